The smallest absolute Gasteiger partial charge is 0.122 e. The summed E-state index contributed by atoms with van der Waals surface area (Å²) in [5.41, 5.74) is 5.69. The van der Waals surface area contributed by atoms with E-state index >= 15 is 0 Å². The number of aryl methyl sites for hydroxylation is 1. The average molecular weight is 404 g/mol. The van der Waals surface area contributed by atoms with E-state index in [1.165, 1.54) is 11.1 Å². The van der Waals surface area contributed by atoms with E-state index < -0.39 is 0 Å². The molecule has 0 radical (unpaired) electrons. The number of ether oxygens (including phenoxy) is 1. The molecule has 148 valence electrons. The molecule has 0 aliphatic carbocycles. The summed E-state index contributed by atoms with van der Waals surface area (Å²) < 4.78 is 7.67. The van der Waals surface area contributed by atoms with Crippen molar-refractivity contribution in [3.63, 3.8) is 0 Å². The molecule has 4 nitrogen and oxygen atoms in total. The van der Waals surface area contributed by atoms with Crippen LogP contribution in [0.1, 0.15) is 30.9 Å². The van der Waals surface area contributed by atoms with Gasteiger partial charge >= 0.3 is 0 Å². The zero-order valence-electron chi connectivity index (χ0n) is 16.8. The Balaban J connectivity index is 1.53. The molecule has 0 spiro atoms. The Kier molecular flexibility index (Phi) is 6.15. The predicted molar refractivity (Wildman–Crippen MR) is 120 cm³/mol. The minimum Gasteiger partial charge on any atom is -0.494 e. The van der Waals surface area contributed by atoms with Crippen LogP contribution in [0.25, 0.3) is 16.8 Å². The normalized spacial score (nSPS) is 11.1. The van der Waals surface area contributed by atoms with Gasteiger partial charge < -0.3 is 4.74 Å². The second-order valence-corrected chi connectivity index (χ2v) is 8.00. The third-order valence-corrected chi connectivity index (χ3v) is 5.94. The summed E-state index contributed by atoms with van der Waals surface area (Å²) in [5.74, 6) is 1.80. The molecule has 4 rings (SSSR count). The van der Waals surface area contributed by atoms with Crippen molar-refractivity contribution < 1.29 is 4.74 Å². The van der Waals surface area contributed by atoms with E-state index in [9.17, 15) is 0 Å². The Morgan fingerprint density at radius 3 is 2.69 bits per heavy atom. The lowest BCUT2D eigenvalue weighted by Gasteiger charge is -2.05. The average Bonchev–Trinajstić information content (AvgIpc) is 3.19. The molecule has 0 unspecified atom stereocenters. The highest BCUT2D eigenvalue weighted by Crippen LogP contribution is 2.29. The van der Waals surface area contributed by atoms with Crippen molar-refractivity contribution in [3.8, 4) is 17.0 Å². The fraction of sp³-hybridized carbons (Fsp3) is 0.250. The summed E-state index contributed by atoms with van der Waals surface area (Å²) in [6.45, 7) is 5.08. The summed E-state index contributed by atoms with van der Waals surface area (Å²) in [6.07, 6.45) is 5.93. The summed E-state index contributed by atoms with van der Waals surface area (Å²) in [4.78, 5) is 4.60. The van der Waals surface area contributed by atoms with Crippen LogP contribution >= 0.6 is 11.8 Å². The number of hydrogen-bond acceptors (Lipinski definition) is 4. The predicted octanol–water partition coefficient (Wildman–Crippen LogP) is 6.18. The number of benzene rings is 2. The minimum absolute atomic E-state index is 0.761. The summed E-state index contributed by atoms with van der Waals surface area (Å²) in [7, 11) is 0. The van der Waals surface area contributed by atoms with Crippen molar-refractivity contribution in [1.82, 2.24) is 14.6 Å². The van der Waals surface area contributed by atoms with Gasteiger partial charge in [-0.1, -0.05) is 49.4 Å². The van der Waals surface area contributed by atoms with Gasteiger partial charge in [0.25, 0.3) is 0 Å². The van der Waals surface area contributed by atoms with Crippen LogP contribution in [0.4, 0.5) is 0 Å². The Bertz CT molecular complexity index is 1090. The Labute approximate surface area is 175 Å². The van der Waals surface area contributed by atoms with Crippen molar-refractivity contribution in [2.75, 3.05) is 6.61 Å². The first-order chi connectivity index (χ1) is 14.2. The molecule has 0 atom stereocenters. The van der Waals surface area contributed by atoms with E-state index in [4.69, 9.17) is 9.84 Å². The standard InChI is InChI=1S/C24H25N3OS/c1-3-4-15-28-21-11-9-19(10-12-21)22-16-23-24(25-13-14-27(23)26-22)29-17-20-8-6-5-7-18(20)2/h5-14,16H,3-4,15,17H2,1-2H3. The second kappa shape index (κ2) is 9.14. The molecule has 0 aliphatic heterocycles. The van der Waals surface area contributed by atoms with Crippen LogP contribution in [0.2, 0.25) is 0 Å². The van der Waals surface area contributed by atoms with E-state index in [0.717, 1.165) is 52.8 Å². The highest BCUT2D eigenvalue weighted by atomic mass is 32.2. The Morgan fingerprint density at radius 2 is 1.90 bits per heavy atom. The zero-order chi connectivity index (χ0) is 20.1. The monoisotopic (exact) mass is 403 g/mol. The molecule has 2 aromatic heterocycles. The molecular weight excluding hydrogens is 378 g/mol. The number of nitrogens with zero attached hydrogens (tertiary/aromatic N) is 3. The quantitative estimate of drug-likeness (QED) is 0.260. The van der Waals surface area contributed by atoms with Crippen molar-refractivity contribution in [3.05, 3.63) is 78.1 Å². The molecule has 5 heteroatoms. The van der Waals surface area contributed by atoms with Gasteiger partial charge in [-0.2, -0.15) is 5.10 Å². The maximum Gasteiger partial charge on any atom is 0.122 e. The van der Waals surface area contributed by atoms with Gasteiger partial charge in [0.2, 0.25) is 0 Å². The molecule has 29 heavy (non-hydrogen) atoms. The molecule has 0 fully saturated rings. The first-order valence-corrected chi connectivity index (χ1v) is 11.0. The summed E-state index contributed by atoms with van der Waals surface area (Å²) >= 11 is 1.75. The van der Waals surface area contributed by atoms with Gasteiger partial charge in [-0.3, -0.25) is 0 Å². The number of thioether (sulfide) groups is 1. The number of rotatable bonds is 8. The number of unbranched alkanes of at least 4 members (excludes halogenated alkanes) is 1. The molecule has 2 heterocycles. The van der Waals surface area contributed by atoms with Crippen LogP contribution in [0.5, 0.6) is 5.75 Å². The molecule has 0 aliphatic rings. The minimum atomic E-state index is 0.761. The zero-order valence-corrected chi connectivity index (χ0v) is 17.7. The molecule has 0 N–H and O–H groups in total. The van der Waals surface area contributed by atoms with E-state index in [2.05, 4.69) is 61.3 Å². The molecule has 0 saturated heterocycles. The molecular formula is C24H25N3OS. The molecule has 2 aromatic carbocycles. The number of aromatic nitrogens is 3. The topological polar surface area (TPSA) is 39.4 Å². The van der Waals surface area contributed by atoms with Crippen molar-refractivity contribution in [1.29, 1.82) is 0 Å². The van der Waals surface area contributed by atoms with Crippen LogP contribution in [0, 0.1) is 6.92 Å². The third-order valence-electron chi connectivity index (χ3n) is 4.90. The fourth-order valence-corrected chi connectivity index (χ4v) is 4.18. The Hall–Kier alpha value is -2.79. The van der Waals surface area contributed by atoms with Crippen LogP contribution in [0.3, 0.4) is 0 Å². The fourth-order valence-electron chi connectivity index (χ4n) is 3.12. The summed E-state index contributed by atoms with van der Waals surface area (Å²) in [5, 5.41) is 5.74. The largest absolute Gasteiger partial charge is 0.494 e. The van der Waals surface area contributed by atoms with Crippen molar-refractivity contribution >= 4 is 17.3 Å². The van der Waals surface area contributed by atoms with Crippen molar-refractivity contribution in [2.45, 2.75) is 37.5 Å². The Morgan fingerprint density at radius 1 is 1.07 bits per heavy atom. The van der Waals surface area contributed by atoms with Crippen LogP contribution < -0.4 is 4.74 Å². The number of fused-ring (bicyclic) bond motifs is 1. The lowest BCUT2D eigenvalue weighted by Crippen LogP contribution is -1.96. The van der Waals surface area contributed by atoms with Gasteiger partial charge in [-0.05, 0) is 54.8 Å². The highest BCUT2D eigenvalue weighted by Gasteiger charge is 2.10. The van der Waals surface area contributed by atoms with Crippen LogP contribution in [0.15, 0.2) is 72.0 Å². The van der Waals surface area contributed by atoms with Crippen LogP contribution in [-0.2, 0) is 5.75 Å². The lowest BCUT2D eigenvalue weighted by atomic mass is 10.1. The number of hydrogen-bond donors (Lipinski definition) is 0. The SMILES string of the molecule is CCCCOc1ccc(-c2cc3c(SCc4ccccc4C)nccn3n2)cc1. The van der Waals surface area contributed by atoms with Crippen molar-refractivity contribution in [2.24, 2.45) is 0 Å². The molecule has 0 amide bonds. The maximum atomic E-state index is 5.76. The van der Waals surface area contributed by atoms with E-state index in [1.807, 2.05) is 29.0 Å². The second-order valence-electron chi connectivity index (χ2n) is 7.03. The van der Waals surface area contributed by atoms with Gasteiger partial charge in [0.15, 0.2) is 0 Å². The van der Waals surface area contributed by atoms with Gasteiger partial charge in [-0.25, -0.2) is 9.50 Å². The maximum absolute atomic E-state index is 5.76. The molecule has 0 saturated carbocycles. The molecule has 0 bridgehead atoms. The molecule has 4 aromatic rings. The highest BCUT2D eigenvalue weighted by molar-refractivity contribution is 7.98. The third kappa shape index (κ3) is 4.62. The van der Waals surface area contributed by atoms with Gasteiger partial charge in [0.05, 0.1) is 17.8 Å². The van der Waals surface area contributed by atoms with Gasteiger partial charge in [0.1, 0.15) is 10.8 Å². The first-order valence-electron chi connectivity index (χ1n) is 9.99. The van der Waals surface area contributed by atoms with Gasteiger partial charge in [0, 0.05) is 23.7 Å². The van der Waals surface area contributed by atoms with E-state index in [0.29, 0.717) is 0 Å². The first kappa shape index (κ1) is 19.5. The van der Waals surface area contributed by atoms with Gasteiger partial charge in [-0.15, -0.1) is 0 Å². The lowest BCUT2D eigenvalue weighted by molar-refractivity contribution is 0.309. The van der Waals surface area contributed by atoms with Crippen LogP contribution in [-0.4, -0.2) is 21.2 Å². The van der Waals surface area contributed by atoms with E-state index in [-0.39, 0.29) is 0 Å². The summed E-state index contributed by atoms with van der Waals surface area (Å²) in [6, 6.07) is 18.8. The van der Waals surface area contributed by atoms with E-state index in [1.54, 1.807) is 11.8 Å².